The smallest absolute Gasteiger partial charge is 0.254 e. The highest BCUT2D eigenvalue weighted by atomic mass is 19.1. The van der Waals surface area contributed by atoms with E-state index in [0.717, 1.165) is 5.56 Å². The number of amides is 1. The van der Waals surface area contributed by atoms with Crippen LogP contribution in [0.4, 0.5) is 4.39 Å². The molecule has 3 aromatic rings. The van der Waals surface area contributed by atoms with Crippen LogP contribution >= 0.6 is 0 Å². The van der Waals surface area contributed by atoms with Gasteiger partial charge >= 0.3 is 0 Å². The van der Waals surface area contributed by atoms with Crippen LogP contribution in [0.15, 0.2) is 54.7 Å². The van der Waals surface area contributed by atoms with Crippen molar-refractivity contribution in [1.82, 2.24) is 19.9 Å². The van der Waals surface area contributed by atoms with Gasteiger partial charge in [-0.3, -0.25) is 4.79 Å². The van der Waals surface area contributed by atoms with E-state index in [1.165, 1.54) is 12.1 Å². The van der Waals surface area contributed by atoms with Crippen LogP contribution in [0, 0.1) is 12.7 Å². The van der Waals surface area contributed by atoms with E-state index in [-0.39, 0.29) is 24.4 Å². The molecule has 0 bridgehead atoms. The summed E-state index contributed by atoms with van der Waals surface area (Å²) in [6, 6.07) is 13.6. The number of ether oxygens (including phenoxy) is 1. The summed E-state index contributed by atoms with van der Waals surface area (Å²) in [6.07, 6.45) is 1.82. The molecule has 0 radical (unpaired) electrons. The van der Waals surface area contributed by atoms with Crippen molar-refractivity contribution >= 4 is 5.91 Å². The maximum absolute atomic E-state index is 12.9. The minimum absolute atomic E-state index is 0.0370. The summed E-state index contributed by atoms with van der Waals surface area (Å²) in [5.74, 6) is 0.308. The fraction of sp³-hybridized carbons (Fsp3) is 0.250. The molecule has 0 atom stereocenters. The van der Waals surface area contributed by atoms with E-state index in [9.17, 15) is 9.18 Å². The number of benzene rings is 2. The number of carbonyl (C=O) groups is 1. The van der Waals surface area contributed by atoms with Crippen molar-refractivity contribution in [2.24, 2.45) is 0 Å². The quantitative estimate of drug-likeness (QED) is 0.696. The number of nitrogens with zero attached hydrogens (tertiary/aromatic N) is 4. The van der Waals surface area contributed by atoms with E-state index in [1.54, 1.807) is 21.7 Å². The van der Waals surface area contributed by atoms with Crippen molar-refractivity contribution in [3.8, 4) is 5.75 Å². The first-order valence-electron chi connectivity index (χ1n) is 8.73. The molecule has 1 fully saturated rings. The van der Waals surface area contributed by atoms with E-state index in [1.807, 2.05) is 37.4 Å². The second-order valence-electron chi connectivity index (χ2n) is 6.67. The number of hydrogen-bond acceptors (Lipinski definition) is 4. The first-order chi connectivity index (χ1) is 13.1. The van der Waals surface area contributed by atoms with E-state index in [4.69, 9.17) is 4.74 Å². The van der Waals surface area contributed by atoms with Gasteiger partial charge in [0.2, 0.25) is 0 Å². The van der Waals surface area contributed by atoms with Gasteiger partial charge in [-0.15, -0.1) is 5.10 Å². The van der Waals surface area contributed by atoms with Crippen LogP contribution in [-0.4, -0.2) is 38.9 Å². The zero-order valence-corrected chi connectivity index (χ0v) is 14.9. The number of aryl methyl sites for hydroxylation is 1. The normalized spacial score (nSPS) is 14.1. The Hall–Kier alpha value is -3.22. The Kier molecular flexibility index (Phi) is 4.58. The Labute approximate surface area is 156 Å². The van der Waals surface area contributed by atoms with Crippen LogP contribution in [0.25, 0.3) is 0 Å². The summed E-state index contributed by atoms with van der Waals surface area (Å²) in [4.78, 5) is 14.3. The minimum atomic E-state index is -0.303. The SMILES string of the molecule is Cc1cccc(C(=O)N2CC(n3cc(COc4ccc(F)cc4)nn3)C2)c1. The highest BCUT2D eigenvalue weighted by molar-refractivity contribution is 5.94. The van der Waals surface area contributed by atoms with Gasteiger partial charge in [-0.25, -0.2) is 9.07 Å². The van der Waals surface area contributed by atoms with Crippen LogP contribution in [0.2, 0.25) is 0 Å². The summed E-state index contributed by atoms with van der Waals surface area (Å²) >= 11 is 0. The Morgan fingerprint density at radius 2 is 2.00 bits per heavy atom. The predicted octanol–water partition coefficient (Wildman–Crippen LogP) is 3.00. The number of carbonyl (C=O) groups excluding carboxylic acids is 1. The van der Waals surface area contributed by atoms with Gasteiger partial charge in [0.25, 0.3) is 5.91 Å². The van der Waals surface area contributed by atoms with Crippen LogP contribution < -0.4 is 4.74 Å². The average Bonchev–Trinajstić information content (AvgIpc) is 3.08. The van der Waals surface area contributed by atoms with E-state index in [2.05, 4.69) is 10.3 Å². The Bertz CT molecular complexity index is 949. The molecule has 1 aliphatic rings. The van der Waals surface area contributed by atoms with Crippen molar-refractivity contribution in [3.63, 3.8) is 0 Å². The van der Waals surface area contributed by atoms with Crippen molar-refractivity contribution in [1.29, 1.82) is 0 Å². The molecular weight excluding hydrogens is 347 g/mol. The molecule has 2 heterocycles. The fourth-order valence-electron chi connectivity index (χ4n) is 3.00. The summed E-state index contributed by atoms with van der Waals surface area (Å²) in [6.45, 7) is 3.44. The molecule has 0 unspecified atom stereocenters. The van der Waals surface area contributed by atoms with Gasteiger partial charge in [0.1, 0.15) is 23.9 Å². The molecule has 4 rings (SSSR count). The second kappa shape index (κ2) is 7.19. The third-order valence-corrected chi connectivity index (χ3v) is 4.55. The number of rotatable bonds is 5. The first-order valence-corrected chi connectivity index (χ1v) is 8.73. The molecule has 1 aromatic heterocycles. The number of halogens is 1. The van der Waals surface area contributed by atoms with Crippen LogP contribution in [-0.2, 0) is 6.61 Å². The minimum Gasteiger partial charge on any atom is -0.487 e. The maximum atomic E-state index is 12.9. The molecule has 6 nitrogen and oxygen atoms in total. The van der Waals surface area contributed by atoms with Crippen molar-refractivity contribution in [2.45, 2.75) is 19.6 Å². The van der Waals surface area contributed by atoms with Gasteiger partial charge in [-0.05, 0) is 43.3 Å². The topological polar surface area (TPSA) is 60.2 Å². The molecule has 138 valence electrons. The monoisotopic (exact) mass is 366 g/mol. The third-order valence-electron chi connectivity index (χ3n) is 4.55. The summed E-state index contributed by atoms with van der Waals surface area (Å²) in [7, 11) is 0. The molecule has 0 spiro atoms. The molecule has 27 heavy (non-hydrogen) atoms. The standard InChI is InChI=1S/C20H19FN4O2/c1-14-3-2-4-15(9-14)20(26)24-11-18(12-24)25-10-17(22-23-25)13-27-19-7-5-16(21)6-8-19/h2-10,18H,11-13H2,1H3. The average molecular weight is 366 g/mol. The molecule has 1 amide bonds. The van der Waals surface area contributed by atoms with Gasteiger partial charge in [0.05, 0.1) is 12.2 Å². The van der Waals surface area contributed by atoms with E-state index >= 15 is 0 Å². The third kappa shape index (κ3) is 3.81. The Morgan fingerprint density at radius 3 is 2.74 bits per heavy atom. The lowest BCUT2D eigenvalue weighted by Gasteiger charge is -2.38. The lowest BCUT2D eigenvalue weighted by atomic mass is 10.1. The lowest BCUT2D eigenvalue weighted by Crippen LogP contribution is -2.50. The van der Waals surface area contributed by atoms with Crippen LogP contribution in [0.1, 0.15) is 27.7 Å². The Morgan fingerprint density at radius 1 is 1.22 bits per heavy atom. The van der Waals surface area contributed by atoms with E-state index < -0.39 is 0 Å². The molecule has 0 saturated carbocycles. The highest BCUT2D eigenvalue weighted by Crippen LogP contribution is 2.23. The number of likely N-dealkylation sites (tertiary alicyclic amines) is 1. The highest BCUT2D eigenvalue weighted by Gasteiger charge is 2.33. The molecular formula is C20H19FN4O2. The molecule has 7 heteroatoms. The molecule has 1 saturated heterocycles. The molecule has 0 aliphatic carbocycles. The lowest BCUT2D eigenvalue weighted by molar-refractivity contribution is 0.0498. The fourth-order valence-corrected chi connectivity index (χ4v) is 3.00. The second-order valence-corrected chi connectivity index (χ2v) is 6.67. The Balaban J connectivity index is 1.31. The van der Waals surface area contributed by atoms with Gasteiger partial charge in [-0.1, -0.05) is 22.9 Å². The van der Waals surface area contributed by atoms with Crippen LogP contribution in [0.3, 0.4) is 0 Å². The van der Waals surface area contributed by atoms with Gasteiger partial charge in [-0.2, -0.15) is 0 Å². The molecule has 0 N–H and O–H groups in total. The maximum Gasteiger partial charge on any atom is 0.254 e. The molecule has 1 aliphatic heterocycles. The molecule has 2 aromatic carbocycles. The first kappa shape index (κ1) is 17.2. The van der Waals surface area contributed by atoms with Gasteiger partial charge in [0.15, 0.2) is 0 Å². The van der Waals surface area contributed by atoms with Crippen molar-refractivity contribution in [2.75, 3.05) is 13.1 Å². The number of hydrogen-bond donors (Lipinski definition) is 0. The number of aromatic nitrogens is 3. The summed E-state index contributed by atoms with van der Waals surface area (Å²) < 4.78 is 20.2. The van der Waals surface area contributed by atoms with Gasteiger partial charge < -0.3 is 9.64 Å². The largest absolute Gasteiger partial charge is 0.487 e. The van der Waals surface area contributed by atoms with E-state index in [0.29, 0.717) is 30.1 Å². The van der Waals surface area contributed by atoms with Crippen LogP contribution in [0.5, 0.6) is 5.75 Å². The van der Waals surface area contributed by atoms with Crippen molar-refractivity contribution in [3.05, 3.63) is 77.4 Å². The zero-order valence-electron chi connectivity index (χ0n) is 14.9. The predicted molar refractivity (Wildman–Crippen MR) is 96.9 cm³/mol. The summed E-state index contributed by atoms with van der Waals surface area (Å²) in [5.41, 5.74) is 2.46. The van der Waals surface area contributed by atoms with Crippen molar-refractivity contribution < 1.29 is 13.9 Å². The van der Waals surface area contributed by atoms with Gasteiger partial charge in [0, 0.05) is 18.7 Å². The summed E-state index contributed by atoms with van der Waals surface area (Å²) in [5, 5.41) is 8.24. The zero-order chi connectivity index (χ0) is 18.8.